The quantitative estimate of drug-likeness (QED) is 0.339. The van der Waals surface area contributed by atoms with Crippen LogP contribution in [0.25, 0.3) is 44.7 Å². The van der Waals surface area contributed by atoms with E-state index in [0.717, 1.165) is 44.7 Å². The second kappa shape index (κ2) is 8.57. The van der Waals surface area contributed by atoms with Gasteiger partial charge in [-0.2, -0.15) is 0 Å². The fraction of sp³-hybridized carbons (Fsp3) is 0.111. The first kappa shape index (κ1) is 22.1. The molecule has 5 aromatic rings. The summed E-state index contributed by atoms with van der Waals surface area (Å²) in [6, 6.07) is 15.7. The molecule has 0 fully saturated rings. The van der Waals surface area contributed by atoms with Crippen LogP contribution in [-0.4, -0.2) is 25.4 Å². The highest BCUT2D eigenvalue weighted by molar-refractivity contribution is 6.08. The molecule has 0 atom stereocenters. The molecule has 0 bridgehead atoms. The summed E-state index contributed by atoms with van der Waals surface area (Å²) in [4.78, 5) is 25.2. The zero-order valence-corrected chi connectivity index (χ0v) is 19.7. The monoisotopic (exact) mass is 464 g/mol. The van der Waals surface area contributed by atoms with E-state index in [4.69, 9.17) is 10.2 Å². The summed E-state index contributed by atoms with van der Waals surface area (Å²) >= 11 is 0. The summed E-state index contributed by atoms with van der Waals surface area (Å²) in [7, 11) is 1.96. The van der Waals surface area contributed by atoms with Crippen molar-refractivity contribution in [3.05, 3.63) is 79.2 Å². The normalized spacial score (nSPS) is 11.1. The van der Waals surface area contributed by atoms with E-state index >= 15 is 0 Å². The number of carbonyl (C=O) groups excluding carboxylic acids is 1. The van der Waals surface area contributed by atoms with Gasteiger partial charge in [-0.15, -0.1) is 0 Å². The van der Waals surface area contributed by atoms with Gasteiger partial charge in [0.2, 0.25) is 0 Å². The summed E-state index contributed by atoms with van der Waals surface area (Å²) in [6.45, 7) is 7.17. The number of amides is 1. The number of carbonyl (C=O) groups is 1. The molecule has 8 nitrogen and oxygen atoms in total. The number of nitrogen functional groups attached to an aromatic ring is 1. The Morgan fingerprint density at radius 3 is 2.31 bits per heavy atom. The second-order valence-corrected chi connectivity index (χ2v) is 8.38. The minimum atomic E-state index is -0.214. The van der Waals surface area contributed by atoms with Crippen molar-refractivity contribution in [2.45, 2.75) is 13.8 Å². The molecule has 1 amide bonds. The van der Waals surface area contributed by atoms with Crippen LogP contribution in [0.3, 0.4) is 0 Å². The summed E-state index contributed by atoms with van der Waals surface area (Å²) < 4.78 is 7.37. The van der Waals surface area contributed by atoms with Crippen molar-refractivity contribution in [1.82, 2.24) is 19.5 Å². The summed E-state index contributed by atoms with van der Waals surface area (Å²) in [6.07, 6.45) is 3.12. The second-order valence-electron chi connectivity index (χ2n) is 8.38. The number of hydrogen-bond donors (Lipinski definition) is 2. The summed E-state index contributed by atoms with van der Waals surface area (Å²) in [5.41, 5.74) is 13.7. The Morgan fingerprint density at radius 2 is 1.69 bits per heavy atom. The summed E-state index contributed by atoms with van der Waals surface area (Å²) in [5, 5.41) is 3.63. The Bertz CT molecular complexity index is 1580. The van der Waals surface area contributed by atoms with Crippen molar-refractivity contribution in [3.63, 3.8) is 0 Å². The van der Waals surface area contributed by atoms with Crippen LogP contribution in [0.5, 0.6) is 0 Å². The Labute approximate surface area is 202 Å². The number of aryl methyl sites for hydroxylation is 2. The minimum Gasteiger partial charge on any atom is -0.449 e. The molecular formula is C27H24N6O2. The van der Waals surface area contributed by atoms with Crippen molar-refractivity contribution in [2.75, 3.05) is 11.1 Å². The molecule has 0 radical (unpaired) electrons. The molecule has 0 unspecified atom stereocenters. The van der Waals surface area contributed by atoms with Crippen LogP contribution in [0.4, 0.5) is 11.5 Å². The molecule has 8 heteroatoms. The maximum Gasteiger partial charge on any atom is 0.250 e. The van der Waals surface area contributed by atoms with E-state index in [1.165, 1.54) is 6.33 Å². The molecule has 0 aliphatic heterocycles. The highest BCUT2D eigenvalue weighted by Gasteiger charge is 2.22. The van der Waals surface area contributed by atoms with Gasteiger partial charge in [0.1, 0.15) is 29.7 Å². The Kier molecular flexibility index (Phi) is 5.41. The van der Waals surface area contributed by atoms with Gasteiger partial charge in [-0.05, 0) is 30.2 Å². The maximum atomic E-state index is 12.0. The third-order valence-corrected chi connectivity index (χ3v) is 5.89. The zero-order chi connectivity index (χ0) is 24.7. The van der Waals surface area contributed by atoms with Crippen LogP contribution in [0.1, 0.15) is 12.8 Å². The van der Waals surface area contributed by atoms with Gasteiger partial charge in [-0.1, -0.05) is 43.0 Å². The smallest absolute Gasteiger partial charge is 0.250 e. The van der Waals surface area contributed by atoms with Gasteiger partial charge >= 0.3 is 0 Å². The lowest BCUT2D eigenvalue weighted by Crippen LogP contribution is -2.11. The van der Waals surface area contributed by atoms with Crippen LogP contribution in [0, 0.1) is 6.92 Å². The van der Waals surface area contributed by atoms with Gasteiger partial charge in [-0.25, -0.2) is 15.0 Å². The number of rotatable bonds is 5. The number of hydrogen-bond acceptors (Lipinski definition) is 6. The topological polar surface area (TPSA) is 112 Å². The number of oxazole rings is 1. The van der Waals surface area contributed by atoms with Gasteiger partial charge in [0.05, 0.1) is 11.1 Å². The average molecular weight is 465 g/mol. The van der Waals surface area contributed by atoms with E-state index in [2.05, 4.69) is 26.8 Å². The number of nitrogens with zero attached hydrogens (tertiary/aromatic N) is 4. The zero-order valence-electron chi connectivity index (χ0n) is 19.7. The molecular weight excluding hydrogens is 440 g/mol. The molecule has 0 saturated heterocycles. The van der Waals surface area contributed by atoms with Crippen LogP contribution in [0.15, 0.2) is 77.7 Å². The van der Waals surface area contributed by atoms with Gasteiger partial charge in [-0.3, -0.25) is 4.79 Å². The first-order valence-electron chi connectivity index (χ1n) is 11.0. The Balaban J connectivity index is 1.64. The fourth-order valence-corrected chi connectivity index (χ4v) is 4.15. The molecule has 35 heavy (non-hydrogen) atoms. The molecule has 2 aromatic carbocycles. The molecule has 0 aliphatic carbocycles. The third kappa shape index (κ3) is 3.95. The van der Waals surface area contributed by atoms with E-state index < -0.39 is 0 Å². The fourth-order valence-electron chi connectivity index (χ4n) is 4.15. The number of nitrogens with one attached hydrogen (secondary N) is 1. The molecule has 0 aliphatic rings. The van der Waals surface area contributed by atoms with Crippen molar-refractivity contribution < 1.29 is 9.21 Å². The van der Waals surface area contributed by atoms with Gasteiger partial charge in [0, 0.05) is 36.4 Å². The van der Waals surface area contributed by atoms with E-state index in [-0.39, 0.29) is 5.91 Å². The predicted octanol–water partition coefficient (Wildman–Crippen LogP) is 5.36. The van der Waals surface area contributed by atoms with E-state index in [1.807, 2.05) is 67.1 Å². The lowest BCUT2D eigenvalue weighted by atomic mass is 9.97. The van der Waals surface area contributed by atoms with Crippen molar-refractivity contribution in [1.29, 1.82) is 0 Å². The summed E-state index contributed by atoms with van der Waals surface area (Å²) in [5.74, 6) is 0.815. The lowest BCUT2D eigenvalue weighted by molar-refractivity contribution is -0.112. The molecule has 3 aromatic heterocycles. The molecule has 0 saturated carbocycles. The predicted molar refractivity (Wildman–Crippen MR) is 137 cm³/mol. The average Bonchev–Trinajstić information content (AvgIpc) is 3.41. The third-order valence-electron chi connectivity index (χ3n) is 5.89. The number of nitrogens with two attached hydrogens (primary N) is 1. The first-order chi connectivity index (χ1) is 16.8. The maximum absolute atomic E-state index is 12.0. The Morgan fingerprint density at radius 1 is 1.03 bits per heavy atom. The number of aromatic nitrogens is 4. The number of benzene rings is 2. The molecule has 5 rings (SSSR count). The lowest BCUT2D eigenvalue weighted by Gasteiger charge is -2.11. The van der Waals surface area contributed by atoms with Crippen LogP contribution in [-0.2, 0) is 11.8 Å². The molecule has 0 spiro atoms. The highest BCUT2D eigenvalue weighted by Crippen LogP contribution is 2.42. The van der Waals surface area contributed by atoms with Crippen molar-refractivity contribution in [2.24, 2.45) is 7.05 Å². The van der Waals surface area contributed by atoms with Crippen LogP contribution < -0.4 is 11.1 Å². The highest BCUT2D eigenvalue weighted by atomic mass is 16.3. The minimum absolute atomic E-state index is 0.214. The SMILES string of the molecule is C=C(C)C(=O)Nc1ccc(-c2c(-c3ccc(-c4coc(C)n4)cc3)c3c(N)ncnc3n2C)cc1. The molecule has 3 heterocycles. The van der Waals surface area contributed by atoms with E-state index in [0.29, 0.717) is 23.0 Å². The van der Waals surface area contributed by atoms with Crippen molar-refractivity contribution >= 4 is 28.4 Å². The number of fused-ring (bicyclic) bond motifs is 1. The Hall–Kier alpha value is -4.72. The first-order valence-corrected chi connectivity index (χ1v) is 11.0. The standard InChI is InChI=1S/C27H24N6O2/c1-15(2)27(34)32-20-11-9-19(10-12-20)24-22(23-25(28)29-14-30-26(23)33(24)4)18-7-5-17(6-8-18)21-13-35-16(3)31-21/h5-14H,1H2,2-4H3,(H,32,34)(H2,28,29,30). The van der Waals surface area contributed by atoms with Gasteiger partial charge < -0.3 is 20.0 Å². The molecule has 174 valence electrons. The van der Waals surface area contributed by atoms with E-state index in [1.54, 1.807) is 13.2 Å². The van der Waals surface area contributed by atoms with Gasteiger partial charge in [0.25, 0.3) is 5.91 Å². The van der Waals surface area contributed by atoms with E-state index in [9.17, 15) is 4.79 Å². The van der Waals surface area contributed by atoms with Crippen LogP contribution >= 0.6 is 0 Å². The number of anilines is 2. The largest absolute Gasteiger partial charge is 0.449 e. The van der Waals surface area contributed by atoms with Crippen LogP contribution in [0.2, 0.25) is 0 Å². The van der Waals surface area contributed by atoms with Gasteiger partial charge in [0.15, 0.2) is 5.89 Å². The van der Waals surface area contributed by atoms with Crippen molar-refractivity contribution in [3.8, 4) is 33.6 Å². The molecule has 3 N–H and O–H groups in total.